The minimum absolute atomic E-state index is 0.0454. The lowest BCUT2D eigenvalue weighted by molar-refractivity contribution is -0.149. The number of halogens is 4. The highest BCUT2D eigenvalue weighted by Gasteiger charge is 2.29. The number of Topliss-reactive ketones (excluding diaryl/α,β-unsaturated/α-hetero) is 3. The van der Waals surface area contributed by atoms with Crippen LogP contribution in [0.4, 0.5) is 11.4 Å². The monoisotopic (exact) mass is 2050 g/mol. The minimum atomic E-state index is -0.883. The number of nitrogens with one attached hydrogen (secondary N) is 3. The van der Waals surface area contributed by atoms with Gasteiger partial charge in [0.15, 0.2) is 19.0 Å². The molecule has 0 heterocycles. The zero-order valence-corrected chi connectivity index (χ0v) is 91.9. The summed E-state index contributed by atoms with van der Waals surface area (Å²) in [6.07, 6.45) is 11.8. The van der Waals surface area contributed by atoms with Crippen LogP contribution in [0.1, 0.15) is 288 Å². The molecule has 20 nitrogen and oxygen atoms in total. The Morgan fingerprint density at radius 3 is 1.33 bits per heavy atom. The predicted molar refractivity (Wildman–Crippen MR) is 572 cm³/mol. The third kappa shape index (κ3) is 56.9. The van der Waals surface area contributed by atoms with Gasteiger partial charge in [-0.25, -0.2) is 0 Å². The van der Waals surface area contributed by atoms with Gasteiger partial charge in [0.25, 0.3) is 0 Å². The molecule has 0 aliphatic rings. The number of carbonyl (C=O) groups is 11. The maximum atomic E-state index is 12.2. The number of benzene rings is 7. The third-order valence-corrected chi connectivity index (χ3v) is 25.0. The van der Waals surface area contributed by atoms with Crippen molar-refractivity contribution in [1.29, 1.82) is 0 Å². The molecule has 0 aromatic heterocycles. The molecule has 7 aromatic carbocycles. The molecule has 0 aliphatic carbocycles. The van der Waals surface area contributed by atoms with Gasteiger partial charge in [-0.3, -0.25) is 52.2 Å². The van der Waals surface area contributed by atoms with Crippen molar-refractivity contribution < 1.29 is 81.4 Å². The zero-order chi connectivity index (χ0) is 105. The Morgan fingerprint density at radius 2 is 0.891 bits per heavy atom. The molecule has 0 aliphatic heterocycles. The van der Waals surface area contributed by atoms with Crippen LogP contribution in [-0.4, -0.2) is 105 Å². The minimum Gasteiger partial charge on any atom is -0.481 e. The lowest BCUT2D eigenvalue weighted by atomic mass is 9.87. The van der Waals surface area contributed by atoms with Gasteiger partial charge in [0.1, 0.15) is 11.5 Å². The van der Waals surface area contributed by atoms with Crippen LogP contribution in [0.2, 0.25) is 15.1 Å². The maximum Gasteiger partial charge on any atom is 0.314 e. The molecule has 138 heavy (non-hydrogen) atoms. The average Bonchev–Trinajstić information content (AvgIpc) is 0.851. The fraction of sp³-hybridized carbons (Fsp3) is 0.531. The second-order valence-electron chi connectivity index (χ2n) is 38.8. The summed E-state index contributed by atoms with van der Waals surface area (Å²) in [5.41, 5.74) is 6.91. The largest absolute Gasteiger partial charge is 0.481 e. The number of ether oxygens (including phenoxy) is 3. The first-order valence-corrected chi connectivity index (χ1v) is 52.3. The van der Waals surface area contributed by atoms with Crippen LogP contribution < -0.4 is 20.7 Å². The number of aryl methyl sites for hydroxylation is 1. The number of carboxylic acid groups (broad SMARTS) is 2. The van der Waals surface area contributed by atoms with E-state index in [1.165, 1.54) is 12.5 Å². The van der Waals surface area contributed by atoms with E-state index in [0.717, 1.165) is 83.9 Å². The molecule has 9 unspecified atom stereocenters. The molecule has 5 N–H and O–H groups in total. The van der Waals surface area contributed by atoms with Gasteiger partial charge in [-0.15, -0.1) is 0 Å². The summed E-state index contributed by atoms with van der Waals surface area (Å²) < 4.78 is 27.3. The van der Waals surface area contributed by atoms with Crippen LogP contribution in [0.3, 0.4) is 0 Å². The molecule has 7 aromatic rings. The molecule has 25 heteroatoms. The van der Waals surface area contributed by atoms with Crippen molar-refractivity contribution in [1.82, 2.24) is 5.32 Å². The maximum absolute atomic E-state index is 12.2. The van der Waals surface area contributed by atoms with Crippen LogP contribution >= 0.6 is 50.7 Å². The summed E-state index contributed by atoms with van der Waals surface area (Å²) in [4.78, 5) is 128. The number of amides is 3. The molecule has 0 radical (unpaired) electrons. The highest BCUT2D eigenvalue weighted by atomic mass is 79.9. The molecule has 0 fully saturated rings. The molecular formula is C113H163BrCl3N3O17S. The van der Waals surface area contributed by atoms with Gasteiger partial charge in [-0.1, -0.05) is 340 Å². The normalized spacial score (nSPS) is 12.8. The molecule has 3 amide bonds. The zero-order valence-electron chi connectivity index (χ0n) is 87.2. The lowest BCUT2D eigenvalue weighted by Crippen LogP contribution is -2.29. The van der Waals surface area contributed by atoms with Crippen LogP contribution in [0, 0.1) is 108 Å². The molecule has 0 saturated carbocycles. The van der Waals surface area contributed by atoms with E-state index in [1.54, 1.807) is 79.9 Å². The molecule has 9 atom stereocenters. The second-order valence-corrected chi connectivity index (χ2v) is 42.6. The van der Waals surface area contributed by atoms with E-state index in [-0.39, 0.29) is 143 Å². The number of hydrogen-bond acceptors (Lipinski definition) is 15. The quantitative estimate of drug-likeness (QED) is 0.0135. The van der Waals surface area contributed by atoms with Crippen LogP contribution in [0.25, 0.3) is 11.1 Å². The third-order valence-electron chi connectivity index (χ3n) is 22.9. The first-order chi connectivity index (χ1) is 64.7. The number of hydrogen-bond donors (Lipinski definition) is 5. The summed E-state index contributed by atoms with van der Waals surface area (Å²) in [5, 5.41) is 28.3. The van der Waals surface area contributed by atoms with E-state index in [1.807, 2.05) is 166 Å². The number of unbranched alkanes of at least 4 members (excludes halogenated alkanes) is 2. The van der Waals surface area contributed by atoms with Crippen molar-refractivity contribution in [3.8, 4) is 16.9 Å². The van der Waals surface area contributed by atoms with Gasteiger partial charge in [-0.05, 0) is 213 Å². The number of ketones is 3. The standard InChI is InChI=1S/C20H22O3.C16H25NO.C15H22BrNO.C15H22ClNO.C15H19ClO3.C15H21ClO2.C9H16O3.C8H16O3S/c1-14(2)15(3)20(22)23-13-19(21)18-11-9-17(10-12-18)16-7-5-4-6-8-16;1-4-5-11-15(14-9-7-6-8-10-14)17-16(18)12-13(2)3;1-4-5-6-14(11(2)3)15(18)17-13-9-7-12(16)8-10-13;1-10(2)8-14(11(3)4)15(18)17-13-7-5-6-12(16)9-13;1-9(2)11(4)15(18)19-8-14(17)12-6-5-10(3)7-13(12)16;1-10(2)9-14(11(3)4)15(17)18-13-7-5-12(16)6-8-13;1-6(2)8(9(11)12)5-4-7(3)10;1-6(2)7(8(9)10)4-5-12(3)11/h4-12,14-15H,13H2,1-3H3;6-10,13,15H,4-5,11-12H2,1-3H3,(H,17,18);7-11,14H,4-6H2,1-3H3,(H,17,18);5-7,9-11,14H,8H2,1-4H3,(H,17,18);5-7,9,11H,8H2,1-4H3;5-8,10-11,14H,9H2,1-4H3;6,8H,4-5H2,1-3H3,(H,11,12);6-7H,4-5H2,1-3H3,(H,9,10). The number of carbonyl (C=O) groups excluding carboxylic acids is 9. The van der Waals surface area contributed by atoms with Crippen molar-refractivity contribution >= 4 is 138 Å². The van der Waals surface area contributed by atoms with Crippen molar-refractivity contribution in [2.75, 3.05) is 35.9 Å². The fourth-order valence-electron chi connectivity index (χ4n) is 13.5. The Hall–Kier alpha value is -9.19. The van der Waals surface area contributed by atoms with Gasteiger partial charge in [0, 0.05) is 84.5 Å². The lowest BCUT2D eigenvalue weighted by Gasteiger charge is -2.22. The van der Waals surface area contributed by atoms with E-state index >= 15 is 0 Å². The summed E-state index contributed by atoms with van der Waals surface area (Å²) in [6, 6.07) is 54.7. The Morgan fingerprint density at radius 1 is 0.435 bits per heavy atom. The molecular weight excluding hydrogens is 1890 g/mol. The summed E-state index contributed by atoms with van der Waals surface area (Å²) in [5.74, 6) is 0.543. The molecule has 7 rings (SSSR count). The van der Waals surface area contributed by atoms with Crippen LogP contribution in [0.15, 0.2) is 180 Å². The fourth-order valence-corrected chi connectivity index (χ4v) is 15.0. The summed E-state index contributed by atoms with van der Waals surface area (Å²) in [6.45, 7) is 51.2. The molecule has 0 spiro atoms. The topological polar surface area (TPSA) is 309 Å². The van der Waals surface area contributed by atoms with E-state index in [2.05, 4.69) is 141 Å². The van der Waals surface area contributed by atoms with Crippen molar-refractivity contribution in [3.05, 3.63) is 218 Å². The second kappa shape index (κ2) is 71.3. The number of carboxylic acids is 2. The SMILES string of the molecule is CC(=O)CCC(C(=O)O)C(C)C.CC(C)C(C)C(=O)OCC(=O)c1ccc(-c2ccccc2)cc1.CC(C)C(CCS(C)=O)C(=O)O.CC(C)CC(C(=O)Nc1cccc(Cl)c1)C(C)C.CC(C)CC(C(=O)Oc1ccc(Cl)cc1)C(C)C.CCCCC(C(=O)Nc1ccc(Br)cc1)C(C)C.CCCCC(NC(=O)CC(C)C)c1ccccc1.Cc1ccc(C(=O)COC(=O)C(C)C(C)C)c(Cl)c1. The van der Waals surface area contributed by atoms with E-state index < -0.39 is 22.7 Å². The van der Waals surface area contributed by atoms with Gasteiger partial charge in [-0.2, -0.15) is 0 Å². The predicted octanol–water partition coefficient (Wildman–Crippen LogP) is 29.0. The highest BCUT2D eigenvalue weighted by molar-refractivity contribution is 9.10. The van der Waals surface area contributed by atoms with Gasteiger partial charge < -0.3 is 45.2 Å². The van der Waals surface area contributed by atoms with Gasteiger partial charge in [0.2, 0.25) is 23.5 Å². The first kappa shape index (κ1) is 129. The van der Waals surface area contributed by atoms with Gasteiger partial charge in [0.05, 0.1) is 40.7 Å². The first-order valence-electron chi connectivity index (χ1n) is 48.7. The number of anilines is 2. The Labute approximate surface area is 852 Å². The van der Waals surface area contributed by atoms with Crippen molar-refractivity contribution in [2.24, 2.45) is 101 Å². The van der Waals surface area contributed by atoms with Gasteiger partial charge >= 0.3 is 29.8 Å². The summed E-state index contributed by atoms with van der Waals surface area (Å²) in [7, 11) is -0.883. The highest BCUT2D eigenvalue weighted by Crippen LogP contribution is 2.30. The van der Waals surface area contributed by atoms with E-state index in [9.17, 15) is 56.9 Å². The average molecular weight is 2050 g/mol. The van der Waals surface area contributed by atoms with Crippen LogP contribution in [-0.2, 0) is 63.4 Å². The molecule has 766 valence electrons. The number of aliphatic carboxylic acids is 2. The Bertz CT molecular complexity index is 4700. The van der Waals surface area contributed by atoms with Crippen molar-refractivity contribution in [3.63, 3.8) is 0 Å². The van der Waals surface area contributed by atoms with Crippen LogP contribution in [0.5, 0.6) is 5.75 Å². The molecule has 0 saturated heterocycles. The Balaban J connectivity index is 0.00000157. The number of rotatable bonds is 44. The van der Waals surface area contributed by atoms with Crippen molar-refractivity contribution in [2.45, 2.75) is 263 Å². The smallest absolute Gasteiger partial charge is 0.314 e. The number of esters is 3. The Kier molecular flexibility index (Phi) is 66.5. The van der Waals surface area contributed by atoms with E-state index in [4.69, 9.17) is 59.2 Å². The summed E-state index contributed by atoms with van der Waals surface area (Å²) >= 11 is 21.1. The van der Waals surface area contributed by atoms with E-state index in [0.29, 0.717) is 93.0 Å². The molecule has 0 bridgehead atoms.